The molecule has 1 aromatic carbocycles. The Morgan fingerprint density at radius 3 is 2.37 bits per heavy atom. The first kappa shape index (κ1) is 17.1. The van der Waals surface area contributed by atoms with Gasteiger partial charge in [-0.3, -0.25) is 4.98 Å². The molecule has 0 bridgehead atoms. The second-order valence-electron chi connectivity index (χ2n) is 6.58. The zero-order valence-corrected chi connectivity index (χ0v) is 15.5. The van der Waals surface area contributed by atoms with Crippen molar-refractivity contribution < 1.29 is 4.39 Å². The highest BCUT2D eigenvalue weighted by Gasteiger charge is 2.18. The van der Waals surface area contributed by atoms with Crippen molar-refractivity contribution in [3.05, 3.63) is 77.1 Å². The molecule has 0 aliphatic carbocycles. The van der Waals surface area contributed by atoms with Crippen LogP contribution in [0, 0.1) is 26.6 Å². The summed E-state index contributed by atoms with van der Waals surface area (Å²) < 4.78 is 15.2. The van der Waals surface area contributed by atoms with Gasteiger partial charge in [0.2, 0.25) is 0 Å². The minimum Gasteiger partial charge on any atom is -0.366 e. The van der Waals surface area contributed by atoms with Gasteiger partial charge >= 0.3 is 0 Å². The lowest BCUT2D eigenvalue weighted by molar-refractivity contribution is 0.628. The van der Waals surface area contributed by atoms with Gasteiger partial charge in [-0.1, -0.05) is 12.1 Å². The van der Waals surface area contributed by atoms with E-state index in [1.807, 2.05) is 37.4 Å². The van der Waals surface area contributed by atoms with E-state index in [9.17, 15) is 4.39 Å². The van der Waals surface area contributed by atoms with Gasteiger partial charge in [0.05, 0.1) is 5.69 Å². The molecule has 5 nitrogen and oxygen atoms in total. The largest absolute Gasteiger partial charge is 0.366 e. The van der Waals surface area contributed by atoms with Crippen LogP contribution in [-0.2, 0) is 6.54 Å². The van der Waals surface area contributed by atoms with Gasteiger partial charge in [0.25, 0.3) is 0 Å². The second-order valence-corrected chi connectivity index (χ2v) is 6.58. The molecule has 0 saturated heterocycles. The first-order valence-electron chi connectivity index (χ1n) is 8.80. The van der Waals surface area contributed by atoms with E-state index in [1.54, 1.807) is 24.5 Å². The number of nitrogens with one attached hydrogen (secondary N) is 1. The van der Waals surface area contributed by atoms with Crippen LogP contribution >= 0.6 is 0 Å². The second kappa shape index (κ2) is 6.79. The number of anilines is 1. The summed E-state index contributed by atoms with van der Waals surface area (Å²) >= 11 is 0. The summed E-state index contributed by atoms with van der Waals surface area (Å²) in [6, 6.07) is 10.4. The molecule has 27 heavy (non-hydrogen) atoms. The standard InChI is InChI=1S/C21H20FN5/c1-13-14(2)25-21-19(17-4-6-18(22)7-5-17)15(3)26-27(21)20(13)24-12-16-8-10-23-11-9-16/h4-11,24H,12H2,1-3H3. The number of nitrogens with zero attached hydrogens (tertiary/aromatic N) is 4. The molecule has 0 atom stereocenters. The van der Waals surface area contributed by atoms with Crippen molar-refractivity contribution in [2.75, 3.05) is 5.32 Å². The first-order valence-corrected chi connectivity index (χ1v) is 8.80. The highest BCUT2D eigenvalue weighted by Crippen LogP contribution is 2.31. The Labute approximate surface area is 156 Å². The Morgan fingerprint density at radius 1 is 0.963 bits per heavy atom. The van der Waals surface area contributed by atoms with Crippen LogP contribution in [0.2, 0.25) is 0 Å². The van der Waals surface area contributed by atoms with Crippen molar-refractivity contribution in [3.8, 4) is 11.1 Å². The number of hydrogen-bond donors (Lipinski definition) is 1. The summed E-state index contributed by atoms with van der Waals surface area (Å²) in [6.07, 6.45) is 3.56. The van der Waals surface area contributed by atoms with Crippen LogP contribution in [0.3, 0.4) is 0 Å². The van der Waals surface area contributed by atoms with E-state index in [4.69, 9.17) is 10.1 Å². The maximum absolute atomic E-state index is 13.3. The number of fused-ring (bicyclic) bond motifs is 1. The minimum atomic E-state index is -0.257. The lowest BCUT2D eigenvalue weighted by Crippen LogP contribution is -2.09. The predicted molar refractivity (Wildman–Crippen MR) is 104 cm³/mol. The molecular formula is C21H20FN5. The fraction of sp³-hybridized carbons (Fsp3) is 0.190. The molecule has 3 heterocycles. The van der Waals surface area contributed by atoms with Gasteiger partial charge in [-0.25, -0.2) is 9.37 Å². The van der Waals surface area contributed by atoms with Crippen molar-refractivity contribution in [1.82, 2.24) is 19.6 Å². The minimum absolute atomic E-state index is 0.257. The summed E-state index contributed by atoms with van der Waals surface area (Å²) in [5.74, 6) is 0.651. The third-order valence-corrected chi connectivity index (χ3v) is 4.76. The van der Waals surface area contributed by atoms with E-state index in [0.29, 0.717) is 6.54 Å². The highest BCUT2D eigenvalue weighted by atomic mass is 19.1. The Balaban J connectivity index is 1.83. The van der Waals surface area contributed by atoms with Crippen LogP contribution in [0.4, 0.5) is 10.2 Å². The van der Waals surface area contributed by atoms with Crippen molar-refractivity contribution in [2.45, 2.75) is 27.3 Å². The maximum atomic E-state index is 13.3. The molecule has 0 fully saturated rings. The fourth-order valence-electron chi connectivity index (χ4n) is 3.20. The highest BCUT2D eigenvalue weighted by molar-refractivity contribution is 5.81. The smallest absolute Gasteiger partial charge is 0.165 e. The van der Waals surface area contributed by atoms with Crippen LogP contribution in [-0.4, -0.2) is 19.6 Å². The molecule has 3 aromatic heterocycles. The van der Waals surface area contributed by atoms with E-state index in [0.717, 1.165) is 45.1 Å². The van der Waals surface area contributed by atoms with E-state index in [-0.39, 0.29) is 5.82 Å². The molecule has 0 unspecified atom stereocenters. The van der Waals surface area contributed by atoms with Crippen LogP contribution in [0.1, 0.15) is 22.5 Å². The van der Waals surface area contributed by atoms with Gasteiger partial charge in [-0.2, -0.15) is 9.61 Å². The van der Waals surface area contributed by atoms with E-state index >= 15 is 0 Å². The lowest BCUT2D eigenvalue weighted by Gasteiger charge is -2.13. The predicted octanol–water partition coefficient (Wildman–Crippen LogP) is 4.47. The molecule has 0 aliphatic rings. The zero-order valence-electron chi connectivity index (χ0n) is 15.5. The molecule has 0 amide bonds. The third-order valence-electron chi connectivity index (χ3n) is 4.76. The zero-order chi connectivity index (χ0) is 19.0. The number of rotatable bonds is 4. The Morgan fingerprint density at radius 2 is 1.67 bits per heavy atom. The van der Waals surface area contributed by atoms with Gasteiger partial charge < -0.3 is 5.32 Å². The van der Waals surface area contributed by atoms with Gasteiger partial charge in [-0.15, -0.1) is 0 Å². The molecule has 6 heteroatoms. The van der Waals surface area contributed by atoms with Crippen molar-refractivity contribution in [3.63, 3.8) is 0 Å². The van der Waals surface area contributed by atoms with Crippen LogP contribution in [0.15, 0.2) is 48.8 Å². The lowest BCUT2D eigenvalue weighted by atomic mass is 10.1. The molecule has 4 rings (SSSR count). The summed E-state index contributed by atoms with van der Waals surface area (Å²) in [5.41, 5.74) is 6.55. The molecule has 1 N–H and O–H groups in total. The number of halogens is 1. The van der Waals surface area contributed by atoms with E-state index < -0.39 is 0 Å². The number of pyridine rings is 1. The van der Waals surface area contributed by atoms with Gasteiger partial charge in [0.1, 0.15) is 11.6 Å². The van der Waals surface area contributed by atoms with E-state index in [2.05, 4.69) is 10.3 Å². The molecule has 0 saturated carbocycles. The molecule has 0 aliphatic heterocycles. The average molecular weight is 361 g/mol. The molecule has 4 aromatic rings. The Bertz CT molecular complexity index is 1100. The number of aromatic nitrogens is 4. The van der Waals surface area contributed by atoms with Crippen molar-refractivity contribution in [1.29, 1.82) is 0 Å². The Hall–Kier alpha value is -3.28. The average Bonchev–Trinajstić information content (AvgIpc) is 2.99. The molecular weight excluding hydrogens is 341 g/mol. The van der Waals surface area contributed by atoms with Gasteiger partial charge in [-0.05, 0) is 56.2 Å². The first-order chi connectivity index (χ1) is 13.0. The molecule has 0 spiro atoms. The topological polar surface area (TPSA) is 55.1 Å². The van der Waals surface area contributed by atoms with Crippen molar-refractivity contribution in [2.24, 2.45) is 0 Å². The number of aryl methyl sites for hydroxylation is 2. The normalized spacial score (nSPS) is 11.1. The van der Waals surface area contributed by atoms with Gasteiger partial charge in [0, 0.05) is 35.8 Å². The maximum Gasteiger partial charge on any atom is 0.165 e. The SMILES string of the molecule is Cc1nc2c(-c3ccc(F)cc3)c(C)nn2c(NCc2ccncc2)c1C. The fourth-order valence-corrected chi connectivity index (χ4v) is 3.20. The summed E-state index contributed by atoms with van der Waals surface area (Å²) in [4.78, 5) is 8.82. The molecule has 136 valence electrons. The summed E-state index contributed by atoms with van der Waals surface area (Å²) in [5, 5.41) is 8.20. The number of benzene rings is 1. The van der Waals surface area contributed by atoms with E-state index in [1.165, 1.54) is 12.1 Å². The van der Waals surface area contributed by atoms with Crippen LogP contribution in [0.25, 0.3) is 16.8 Å². The third kappa shape index (κ3) is 3.14. The summed E-state index contributed by atoms with van der Waals surface area (Å²) in [7, 11) is 0. The van der Waals surface area contributed by atoms with Crippen LogP contribution < -0.4 is 5.32 Å². The Kier molecular flexibility index (Phi) is 4.32. The monoisotopic (exact) mass is 361 g/mol. The van der Waals surface area contributed by atoms with Gasteiger partial charge in [0.15, 0.2) is 5.65 Å². The van der Waals surface area contributed by atoms with Crippen molar-refractivity contribution >= 4 is 11.5 Å². The number of hydrogen-bond acceptors (Lipinski definition) is 4. The summed E-state index contributed by atoms with van der Waals surface area (Å²) in [6.45, 7) is 6.63. The van der Waals surface area contributed by atoms with Crippen LogP contribution in [0.5, 0.6) is 0 Å². The molecule has 0 radical (unpaired) electrons. The quantitative estimate of drug-likeness (QED) is 0.583.